The van der Waals surface area contributed by atoms with Crippen LogP contribution in [0.1, 0.15) is 25.5 Å². The van der Waals surface area contributed by atoms with Gasteiger partial charge in [-0.05, 0) is 37.9 Å². The van der Waals surface area contributed by atoms with Crippen molar-refractivity contribution in [1.82, 2.24) is 20.4 Å². The minimum Gasteiger partial charge on any atom is -0.335 e. The molecular formula is C13H20N4O. The minimum absolute atomic E-state index is 0.0633. The Balaban J connectivity index is 2.11. The first-order valence-corrected chi connectivity index (χ1v) is 6.43. The van der Waals surface area contributed by atoms with E-state index in [0.717, 1.165) is 25.1 Å². The van der Waals surface area contributed by atoms with Crippen LogP contribution in [0.4, 0.5) is 0 Å². The Morgan fingerprint density at radius 2 is 2.33 bits per heavy atom. The van der Waals surface area contributed by atoms with Crippen LogP contribution >= 0.6 is 0 Å². The van der Waals surface area contributed by atoms with Crippen molar-refractivity contribution in [2.75, 3.05) is 13.6 Å². The molecule has 0 radical (unpaired) electrons. The number of carbonyl (C=O) groups excluding carboxylic acids is 1. The lowest BCUT2D eigenvalue weighted by Gasteiger charge is -2.24. The van der Waals surface area contributed by atoms with Crippen LogP contribution < -0.4 is 5.32 Å². The Hall–Kier alpha value is -1.49. The molecule has 18 heavy (non-hydrogen) atoms. The number of nitrogens with zero attached hydrogens (tertiary/aromatic N) is 3. The van der Waals surface area contributed by atoms with E-state index >= 15 is 0 Å². The van der Waals surface area contributed by atoms with Crippen molar-refractivity contribution in [2.45, 2.75) is 32.4 Å². The van der Waals surface area contributed by atoms with Gasteiger partial charge in [-0.2, -0.15) is 10.2 Å². The number of hydrogen-bond acceptors (Lipinski definition) is 4. The molecule has 2 atom stereocenters. The second-order valence-electron chi connectivity index (χ2n) is 4.96. The summed E-state index contributed by atoms with van der Waals surface area (Å²) >= 11 is 0. The van der Waals surface area contributed by atoms with Gasteiger partial charge >= 0.3 is 0 Å². The van der Waals surface area contributed by atoms with Gasteiger partial charge in [-0.15, -0.1) is 0 Å². The van der Waals surface area contributed by atoms with Crippen molar-refractivity contribution in [3.05, 3.63) is 24.0 Å². The number of amides is 1. The Morgan fingerprint density at radius 1 is 1.50 bits per heavy atom. The number of likely N-dealkylation sites (N-methyl/N-ethyl adjacent to an activating group) is 1. The maximum atomic E-state index is 12.3. The van der Waals surface area contributed by atoms with E-state index in [2.05, 4.69) is 22.4 Å². The molecule has 98 valence electrons. The molecule has 1 N–H and O–H groups in total. The highest BCUT2D eigenvalue weighted by molar-refractivity contribution is 5.82. The molecular weight excluding hydrogens is 228 g/mol. The second kappa shape index (κ2) is 5.91. The fourth-order valence-corrected chi connectivity index (χ4v) is 2.38. The fourth-order valence-electron chi connectivity index (χ4n) is 2.38. The molecule has 1 aliphatic rings. The molecule has 1 fully saturated rings. The number of likely N-dealkylation sites (tertiary alicyclic amines) is 1. The molecule has 1 saturated heterocycles. The molecule has 1 aromatic rings. The van der Waals surface area contributed by atoms with E-state index < -0.39 is 0 Å². The zero-order valence-electron chi connectivity index (χ0n) is 11.0. The van der Waals surface area contributed by atoms with Gasteiger partial charge in [0.1, 0.15) is 0 Å². The van der Waals surface area contributed by atoms with Crippen molar-refractivity contribution in [2.24, 2.45) is 5.92 Å². The highest BCUT2D eigenvalue weighted by Gasteiger charge is 2.28. The van der Waals surface area contributed by atoms with Gasteiger partial charge in [0, 0.05) is 12.7 Å². The van der Waals surface area contributed by atoms with E-state index in [4.69, 9.17) is 0 Å². The summed E-state index contributed by atoms with van der Waals surface area (Å²) in [6.07, 6.45) is 3.63. The lowest BCUT2D eigenvalue weighted by atomic mass is 10.0. The average Bonchev–Trinajstić information content (AvgIpc) is 2.51. The first-order chi connectivity index (χ1) is 8.70. The van der Waals surface area contributed by atoms with Gasteiger partial charge in [0.15, 0.2) is 0 Å². The van der Waals surface area contributed by atoms with Crippen molar-refractivity contribution in [3.8, 4) is 0 Å². The standard InChI is InChI=1S/C13H20N4O/c1-10-5-6-12(14-2)13(18)17(8-10)9-11-4-3-7-15-16-11/h3-4,7,10,12,14H,5-6,8-9H2,1-2H3. The van der Waals surface area contributed by atoms with Crippen LogP contribution in [-0.4, -0.2) is 40.6 Å². The van der Waals surface area contributed by atoms with Gasteiger partial charge in [0.05, 0.1) is 18.3 Å². The van der Waals surface area contributed by atoms with E-state index in [1.54, 1.807) is 6.20 Å². The van der Waals surface area contributed by atoms with Crippen molar-refractivity contribution in [3.63, 3.8) is 0 Å². The van der Waals surface area contributed by atoms with Crippen LogP contribution in [0.25, 0.3) is 0 Å². The number of aromatic nitrogens is 2. The first kappa shape index (κ1) is 13.0. The summed E-state index contributed by atoms with van der Waals surface area (Å²) < 4.78 is 0. The number of rotatable bonds is 3. The summed E-state index contributed by atoms with van der Waals surface area (Å²) in [6, 6.07) is 3.69. The summed E-state index contributed by atoms with van der Waals surface area (Å²) in [5.41, 5.74) is 0.842. The van der Waals surface area contributed by atoms with Gasteiger partial charge in [0.25, 0.3) is 0 Å². The van der Waals surface area contributed by atoms with Gasteiger partial charge in [-0.3, -0.25) is 4.79 Å². The van der Waals surface area contributed by atoms with E-state index in [1.807, 2.05) is 24.1 Å². The van der Waals surface area contributed by atoms with Crippen LogP contribution in [0.15, 0.2) is 18.3 Å². The highest BCUT2D eigenvalue weighted by Crippen LogP contribution is 2.18. The number of hydrogen-bond donors (Lipinski definition) is 1. The molecule has 5 nitrogen and oxygen atoms in total. The third-order valence-corrected chi connectivity index (χ3v) is 3.42. The Kier molecular flexibility index (Phi) is 4.25. The van der Waals surface area contributed by atoms with Gasteiger partial charge in [0.2, 0.25) is 5.91 Å². The molecule has 0 saturated carbocycles. The zero-order valence-corrected chi connectivity index (χ0v) is 11.0. The monoisotopic (exact) mass is 248 g/mol. The van der Waals surface area contributed by atoms with Crippen LogP contribution in [0.3, 0.4) is 0 Å². The molecule has 2 rings (SSSR count). The Morgan fingerprint density at radius 3 is 3.00 bits per heavy atom. The molecule has 0 spiro atoms. The zero-order chi connectivity index (χ0) is 13.0. The Labute approximate surface area is 108 Å². The lowest BCUT2D eigenvalue weighted by Crippen LogP contribution is -2.44. The van der Waals surface area contributed by atoms with Crippen molar-refractivity contribution in [1.29, 1.82) is 0 Å². The van der Waals surface area contributed by atoms with E-state index in [9.17, 15) is 4.79 Å². The topological polar surface area (TPSA) is 58.1 Å². The molecule has 1 aliphatic heterocycles. The minimum atomic E-state index is -0.0633. The molecule has 5 heteroatoms. The first-order valence-electron chi connectivity index (χ1n) is 6.43. The highest BCUT2D eigenvalue weighted by atomic mass is 16.2. The van der Waals surface area contributed by atoms with Crippen LogP contribution in [0.5, 0.6) is 0 Å². The summed E-state index contributed by atoms with van der Waals surface area (Å²) in [4.78, 5) is 14.2. The summed E-state index contributed by atoms with van der Waals surface area (Å²) in [7, 11) is 1.85. The lowest BCUT2D eigenvalue weighted by molar-refractivity contribution is -0.133. The van der Waals surface area contributed by atoms with Crippen molar-refractivity contribution < 1.29 is 4.79 Å². The predicted octanol–water partition coefficient (Wildman–Crippen LogP) is 0.823. The molecule has 0 aliphatic carbocycles. The summed E-state index contributed by atoms with van der Waals surface area (Å²) in [6.45, 7) is 3.54. The van der Waals surface area contributed by atoms with Crippen molar-refractivity contribution >= 4 is 5.91 Å². The van der Waals surface area contributed by atoms with E-state index in [0.29, 0.717) is 12.5 Å². The quantitative estimate of drug-likeness (QED) is 0.860. The largest absolute Gasteiger partial charge is 0.335 e. The van der Waals surface area contributed by atoms with Crippen LogP contribution in [0.2, 0.25) is 0 Å². The molecule has 0 aromatic carbocycles. The third kappa shape index (κ3) is 3.04. The molecule has 2 unspecified atom stereocenters. The van der Waals surface area contributed by atoms with Crippen LogP contribution in [-0.2, 0) is 11.3 Å². The normalized spacial score (nSPS) is 25.0. The molecule has 2 heterocycles. The van der Waals surface area contributed by atoms with Gasteiger partial charge in [-0.1, -0.05) is 6.92 Å². The smallest absolute Gasteiger partial charge is 0.240 e. The van der Waals surface area contributed by atoms with Gasteiger partial charge in [-0.25, -0.2) is 0 Å². The molecule has 0 bridgehead atoms. The molecule has 1 aromatic heterocycles. The van der Waals surface area contributed by atoms with E-state index in [1.165, 1.54) is 0 Å². The maximum absolute atomic E-state index is 12.3. The number of nitrogens with one attached hydrogen (secondary N) is 1. The van der Waals surface area contributed by atoms with E-state index in [-0.39, 0.29) is 11.9 Å². The van der Waals surface area contributed by atoms with Gasteiger partial charge < -0.3 is 10.2 Å². The molecule has 1 amide bonds. The SMILES string of the molecule is CNC1CCC(C)CN(Cc2cccnn2)C1=O. The average molecular weight is 248 g/mol. The van der Waals surface area contributed by atoms with Crippen LogP contribution in [0, 0.1) is 5.92 Å². The summed E-state index contributed by atoms with van der Waals surface area (Å²) in [5.74, 6) is 0.705. The maximum Gasteiger partial charge on any atom is 0.240 e. The fraction of sp³-hybridized carbons (Fsp3) is 0.615. The third-order valence-electron chi connectivity index (χ3n) is 3.42. The summed E-state index contributed by atoms with van der Waals surface area (Å²) in [5, 5.41) is 11.0. The predicted molar refractivity (Wildman–Crippen MR) is 68.7 cm³/mol. The Bertz CT molecular complexity index is 395. The second-order valence-corrected chi connectivity index (χ2v) is 4.96. The number of carbonyl (C=O) groups is 1.